The van der Waals surface area contributed by atoms with Gasteiger partial charge in [-0.2, -0.15) is 0 Å². The molecule has 0 fully saturated rings. The van der Waals surface area contributed by atoms with Crippen LogP contribution in [-0.4, -0.2) is 24.9 Å². The van der Waals surface area contributed by atoms with Gasteiger partial charge in [0.2, 0.25) is 5.91 Å². The Morgan fingerprint density at radius 3 is 2.42 bits per heavy atom. The first-order valence-corrected chi connectivity index (χ1v) is 8.53. The number of ketones is 1. The Balaban J connectivity index is 2.08. The van der Waals surface area contributed by atoms with E-state index in [9.17, 15) is 9.59 Å². The number of hydrogen-bond acceptors (Lipinski definition) is 4. The third-order valence-corrected chi connectivity index (χ3v) is 3.53. The third kappa shape index (κ3) is 5.48. The Bertz CT molecular complexity index is 811. The summed E-state index contributed by atoms with van der Waals surface area (Å²) in [6.45, 7) is 6.38. The number of ether oxygens (including phenoxy) is 2. The second-order valence-corrected chi connectivity index (χ2v) is 5.53. The first-order valence-electron chi connectivity index (χ1n) is 8.53. The number of carbonyl (C=O) groups is 2. The van der Waals surface area contributed by atoms with Crippen molar-refractivity contribution < 1.29 is 19.1 Å². The molecule has 136 valence electrons. The molecule has 0 unspecified atom stereocenters. The van der Waals surface area contributed by atoms with Gasteiger partial charge in [-0.1, -0.05) is 18.2 Å². The molecule has 0 saturated carbocycles. The molecule has 1 amide bonds. The minimum absolute atomic E-state index is 0.0468. The molecular formula is C21H23NO4. The minimum Gasteiger partial charge on any atom is -0.490 e. The maximum absolute atomic E-state index is 12.1. The third-order valence-electron chi connectivity index (χ3n) is 3.53. The Hall–Kier alpha value is -3.08. The van der Waals surface area contributed by atoms with Crippen LogP contribution in [0.3, 0.4) is 0 Å². The van der Waals surface area contributed by atoms with E-state index in [1.54, 1.807) is 30.3 Å². The van der Waals surface area contributed by atoms with E-state index in [4.69, 9.17) is 9.47 Å². The molecule has 2 aromatic rings. The number of amides is 1. The van der Waals surface area contributed by atoms with Gasteiger partial charge >= 0.3 is 0 Å². The Morgan fingerprint density at radius 2 is 1.73 bits per heavy atom. The number of carbonyl (C=O) groups excluding carboxylic acids is 2. The van der Waals surface area contributed by atoms with Crippen molar-refractivity contribution in [1.29, 1.82) is 0 Å². The molecule has 0 aromatic heterocycles. The highest BCUT2D eigenvalue weighted by molar-refractivity contribution is 6.03. The molecule has 0 aliphatic carbocycles. The van der Waals surface area contributed by atoms with Gasteiger partial charge in [-0.25, -0.2) is 0 Å². The minimum atomic E-state index is -0.280. The number of Topliss-reactive ketones (excluding diaryl/α,β-unsaturated/α-hetero) is 1. The van der Waals surface area contributed by atoms with Crippen LogP contribution in [0.2, 0.25) is 0 Å². The smallest absolute Gasteiger partial charge is 0.248 e. The summed E-state index contributed by atoms with van der Waals surface area (Å²) in [6, 6.07) is 12.3. The number of nitrogens with one attached hydrogen (secondary N) is 1. The fraction of sp³-hybridized carbons (Fsp3) is 0.238. The summed E-state index contributed by atoms with van der Waals surface area (Å²) in [7, 11) is 0. The quantitative estimate of drug-likeness (QED) is 0.566. The normalized spacial score (nSPS) is 10.6. The van der Waals surface area contributed by atoms with Gasteiger partial charge in [0.1, 0.15) is 0 Å². The van der Waals surface area contributed by atoms with Gasteiger partial charge < -0.3 is 14.8 Å². The van der Waals surface area contributed by atoms with Crippen molar-refractivity contribution in [2.75, 3.05) is 18.5 Å². The summed E-state index contributed by atoms with van der Waals surface area (Å²) in [5, 5.41) is 2.74. The highest BCUT2D eigenvalue weighted by Crippen LogP contribution is 2.29. The van der Waals surface area contributed by atoms with Crippen molar-refractivity contribution in [1.82, 2.24) is 0 Å². The molecule has 0 bridgehead atoms. The highest BCUT2D eigenvalue weighted by Gasteiger charge is 2.06. The molecule has 1 N–H and O–H groups in total. The maximum Gasteiger partial charge on any atom is 0.248 e. The predicted octanol–water partition coefficient (Wildman–Crippen LogP) is 4.34. The topological polar surface area (TPSA) is 64.6 Å². The van der Waals surface area contributed by atoms with E-state index in [-0.39, 0.29) is 11.7 Å². The van der Waals surface area contributed by atoms with Crippen LogP contribution in [-0.2, 0) is 4.79 Å². The highest BCUT2D eigenvalue weighted by atomic mass is 16.5. The van der Waals surface area contributed by atoms with Crippen molar-refractivity contribution in [2.24, 2.45) is 0 Å². The molecule has 0 aliphatic heterocycles. The average molecular weight is 353 g/mol. The van der Waals surface area contributed by atoms with Gasteiger partial charge in [0, 0.05) is 17.3 Å². The molecule has 0 aliphatic rings. The monoisotopic (exact) mass is 353 g/mol. The zero-order chi connectivity index (χ0) is 18.9. The van der Waals surface area contributed by atoms with Crippen LogP contribution >= 0.6 is 0 Å². The van der Waals surface area contributed by atoms with E-state index in [0.29, 0.717) is 36.0 Å². The van der Waals surface area contributed by atoms with Crippen LogP contribution in [0.4, 0.5) is 5.69 Å². The summed E-state index contributed by atoms with van der Waals surface area (Å²) in [5.74, 6) is 0.995. The Kier molecular flexibility index (Phi) is 6.97. The van der Waals surface area contributed by atoms with E-state index in [0.717, 1.165) is 5.56 Å². The van der Waals surface area contributed by atoms with Crippen molar-refractivity contribution in [2.45, 2.75) is 20.8 Å². The summed E-state index contributed by atoms with van der Waals surface area (Å²) in [6.07, 6.45) is 3.13. The molecule has 2 rings (SSSR count). The molecule has 0 radical (unpaired) electrons. The lowest BCUT2D eigenvalue weighted by molar-refractivity contribution is -0.111. The molecule has 0 heterocycles. The van der Waals surface area contributed by atoms with E-state index in [1.807, 2.05) is 32.0 Å². The standard InChI is InChI=1S/C21H23NO4/c1-4-25-19-11-9-16(13-20(19)26-5-2)10-12-21(24)22-18-8-6-7-17(14-18)15(3)23/h6-14H,4-5H2,1-3H3,(H,22,24)/b12-10+. The van der Waals surface area contributed by atoms with Crippen LogP contribution in [0.25, 0.3) is 6.08 Å². The van der Waals surface area contributed by atoms with Gasteiger partial charge in [0.05, 0.1) is 13.2 Å². The second kappa shape index (κ2) is 9.42. The predicted molar refractivity (Wildman–Crippen MR) is 103 cm³/mol. The van der Waals surface area contributed by atoms with E-state index in [2.05, 4.69) is 5.32 Å². The van der Waals surface area contributed by atoms with Crippen LogP contribution in [0, 0.1) is 0 Å². The first-order chi connectivity index (χ1) is 12.5. The van der Waals surface area contributed by atoms with Gasteiger partial charge in [-0.3, -0.25) is 9.59 Å². The second-order valence-electron chi connectivity index (χ2n) is 5.53. The SMILES string of the molecule is CCOc1ccc(/C=C/C(=O)Nc2cccc(C(C)=O)c2)cc1OCC. The number of benzene rings is 2. The van der Waals surface area contributed by atoms with Crippen molar-refractivity contribution in [3.63, 3.8) is 0 Å². The zero-order valence-corrected chi connectivity index (χ0v) is 15.2. The lowest BCUT2D eigenvalue weighted by Crippen LogP contribution is -2.08. The molecule has 26 heavy (non-hydrogen) atoms. The Morgan fingerprint density at radius 1 is 1.00 bits per heavy atom. The van der Waals surface area contributed by atoms with E-state index in [1.165, 1.54) is 13.0 Å². The number of anilines is 1. The molecule has 0 spiro atoms. The summed E-state index contributed by atoms with van der Waals surface area (Å²) >= 11 is 0. The fourth-order valence-electron chi connectivity index (χ4n) is 2.34. The zero-order valence-electron chi connectivity index (χ0n) is 15.2. The van der Waals surface area contributed by atoms with Crippen LogP contribution in [0.5, 0.6) is 11.5 Å². The first kappa shape index (κ1) is 19.2. The maximum atomic E-state index is 12.1. The van der Waals surface area contributed by atoms with E-state index >= 15 is 0 Å². The number of rotatable bonds is 8. The van der Waals surface area contributed by atoms with Gasteiger partial charge in [0.25, 0.3) is 0 Å². The van der Waals surface area contributed by atoms with Gasteiger partial charge in [-0.05, 0) is 56.7 Å². The fourth-order valence-corrected chi connectivity index (χ4v) is 2.34. The molecule has 5 heteroatoms. The summed E-state index contributed by atoms with van der Waals surface area (Å²) in [5.41, 5.74) is 1.96. The summed E-state index contributed by atoms with van der Waals surface area (Å²) in [4.78, 5) is 23.5. The van der Waals surface area contributed by atoms with E-state index < -0.39 is 0 Å². The van der Waals surface area contributed by atoms with Crippen molar-refractivity contribution in [3.05, 3.63) is 59.7 Å². The average Bonchev–Trinajstić information content (AvgIpc) is 2.62. The molecule has 0 saturated heterocycles. The summed E-state index contributed by atoms with van der Waals surface area (Å²) < 4.78 is 11.1. The van der Waals surface area contributed by atoms with Gasteiger partial charge in [0.15, 0.2) is 17.3 Å². The van der Waals surface area contributed by atoms with Gasteiger partial charge in [-0.15, -0.1) is 0 Å². The van der Waals surface area contributed by atoms with Crippen LogP contribution in [0.1, 0.15) is 36.7 Å². The molecule has 5 nitrogen and oxygen atoms in total. The lowest BCUT2D eigenvalue weighted by Gasteiger charge is -2.11. The number of hydrogen-bond donors (Lipinski definition) is 1. The molecular weight excluding hydrogens is 330 g/mol. The lowest BCUT2D eigenvalue weighted by atomic mass is 10.1. The van der Waals surface area contributed by atoms with Crippen molar-refractivity contribution in [3.8, 4) is 11.5 Å². The van der Waals surface area contributed by atoms with Crippen LogP contribution in [0.15, 0.2) is 48.5 Å². The Labute approximate surface area is 153 Å². The largest absolute Gasteiger partial charge is 0.490 e. The van der Waals surface area contributed by atoms with Crippen LogP contribution < -0.4 is 14.8 Å². The molecule has 0 atom stereocenters. The van der Waals surface area contributed by atoms with Crippen molar-refractivity contribution >= 4 is 23.5 Å². The molecule has 2 aromatic carbocycles.